The number of aliphatic carboxylic acids is 1. The molecule has 1 aliphatic heterocycles. The highest BCUT2D eigenvalue weighted by Gasteiger charge is 2.43. The van der Waals surface area contributed by atoms with Gasteiger partial charge in [0, 0.05) is 18.9 Å². The molecule has 0 saturated carbocycles. The predicted octanol–water partition coefficient (Wildman–Crippen LogP) is 0.984. The Labute approximate surface area is 261 Å². The summed E-state index contributed by atoms with van der Waals surface area (Å²) in [5, 5.41) is 18.6. The van der Waals surface area contributed by atoms with Gasteiger partial charge in [-0.25, -0.2) is 0 Å². The number of amides is 5. The van der Waals surface area contributed by atoms with E-state index in [1.807, 2.05) is 42.5 Å². The molecule has 0 radical (unpaired) electrons. The van der Waals surface area contributed by atoms with E-state index in [-0.39, 0.29) is 24.7 Å². The van der Waals surface area contributed by atoms with Crippen LogP contribution in [0.3, 0.4) is 0 Å². The first-order valence-corrected chi connectivity index (χ1v) is 14.9. The maximum absolute atomic E-state index is 13.9. The summed E-state index contributed by atoms with van der Waals surface area (Å²) in [6.45, 7) is 6.43. The molecule has 5 amide bonds. The number of likely N-dealkylation sites (tertiary alicyclic amines) is 1. The van der Waals surface area contributed by atoms with E-state index in [0.717, 1.165) is 16.3 Å². The monoisotopic (exact) mass is 623 g/mol. The number of benzene rings is 2. The third kappa shape index (κ3) is 9.10. The van der Waals surface area contributed by atoms with Gasteiger partial charge in [-0.1, -0.05) is 56.3 Å². The van der Waals surface area contributed by atoms with Gasteiger partial charge in [-0.15, -0.1) is 0 Å². The summed E-state index contributed by atoms with van der Waals surface area (Å²) in [4.78, 5) is 89.3. The van der Waals surface area contributed by atoms with Crippen LogP contribution < -0.4 is 21.7 Å². The summed E-state index contributed by atoms with van der Waals surface area (Å²) in [6.07, 6.45) is -0.933. The minimum absolute atomic E-state index is 0.172. The lowest BCUT2D eigenvalue weighted by Crippen LogP contribution is -2.58. The van der Waals surface area contributed by atoms with Crippen LogP contribution >= 0.6 is 0 Å². The molecule has 0 bridgehead atoms. The zero-order valence-electron chi connectivity index (χ0n) is 25.9. The summed E-state index contributed by atoms with van der Waals surface area (Å²) in [6, 6.07) is 8.84. The standard InChI is InChI=1S/C32H41N5O8/c1-17(2)28(19(4)38)36-30(43)18(3)34-31(44)24(16-25(33)39)35-32(45)29-23(13-14-37(29)26(40)11-12-27(41)42)22-10-9-20-7-5-6-8-21(20)15-22/h5-10,15,17-18,23-24,28-29H,11-14,16H2,1-4H3,(H2,33,39)(H,34,44)(H,35,45)(H,36,43)(H,41,42)/t18-,23+,24-,28-,29-/m0/s1. The Morgan fingerprint density at radius 1 is 0.911 bits per heavy atom. The number of carbonyl (C=O) groups is 7. The highest BCUT2D eigenvalue weighted by molar-refractivity contribution is 5.98. The highest BCUT2D eigenvalue weighted by Crippen LogP contribution is 2.36. The first-order valence-electron chi connectivity index (χ1n) is 14.9. The van der Waals surface area contributed by atoms with Crippen molar-refractivity contribution in [2.45, 2.75) is 83.5 Å². The third-order valence-corrected chi connectivity index (χ3v) is 7.93. The van der Waals surface area contributed by atoms with Crippen LogP contribution in [-0.4, -0.2) is 82.0 Å². The first kappa shape index (κ1) is 34.7. The molecular weight excluding hydrogens is 582 g/mol. The van der Waals surface area contributed by atoms with E-state index in [4.69, 9.17) is 10.8 Å². The van der Waals surface area contributed by atoms with E-state index in [2.05, 4.69) is 16.0 Å². The minimum atomic E-state index is -1.48. The number of primary amides is 1. The van der Waals surface area contributed by atoms with Crippen molar-refractivity contribution >= 4 is 52.1 Å². The number of fused-ring (bicyclic) bond motifs is 1. The Kier molecular flexibility index (Phi) is 11.8. The number of ketones is 1. The first-order chi connectivity index (χ1) is 21.2. The lowest BCUT2D eigenvalue weighted by atomic mass is 9.89. The Morgan fingerprint density at radius 3 is 2.18 bits per heavy atom. The molecular formula is C32H41N5O8. The van der Waals surface area contributed by atoms with Crippen LogP contribution in [-0.2, 0) is 33.6 Å². The van der Waals surface area contributed by atoms with E-state index in [0.29, 0.717) is 6.42 Å². The van der Waals surface area contributed by atoms with Crippen LogP contribution in [0.25, 0.3) is 10.8 Å². The number of rotatable bonds is 14. The molecule has 13 nitrogen and oxygen atoms in total. The molecule has 13 heteroatoms. The van der Waals surface area contributed by atoms with Gasteiger partial charge in [0.1, 0.15) is 18.1 Å². The lowest BCUT2D eigenvalue weighted by molar-refractivity contribution is -0.143. The van der Waals surface area contributed by atoms with Crippen LogP contribution in [0.4, 0.5) is 0 Å². The van der Waals surface area contributed by atoms with Crippen molar-refractivity contribution < 1.29 is 38.7 Å². The number of hydrogen-bond donors (Lipinski definition) is 5. The second-order valence-corrected chi connectivity index (χ2v) is 11.7. The molecule has 3 rings (SSSR count). The van der Waals surface area contributed by atoms with E-state index in [9.17, 15) is 33.6 Å². The second kappa shape index (κ2) is 15.3. The van der Waals surface area contributed by atoms with Crippen LogP contribution in [0.1, 0.15) is 64.9 Å². The fourth-order valence-electron chi connectivity index (χ4n) is 5.60. The van der Waals surface area contributed by atoms with E-state index >= 15 is 0 Å². The number of carboxylic acid groups (broad SMARTS) is 1. The summed E-state index contributed by atoms with van der Waals surface area (Å²) in [5.41, 5.74) is 6.16. The van der Waals surface area contributed by atoms with E-state index in [1.165, 1.54) is 18.7 Å². The Hall–Kier alpha value is -4.81. The normalized spacial score (nSPS) is 18.1. The van der Waals surface area contributed by atoms with Crippen molar-refractivity contribution in [3.8, 4) is 0 Å². The van der Waals surface area contributed by atoms with Gasteiger partial charge in [-0.3, -0.25) is 33.6 Å². The fourth-order valence-corrected chi connectivity index (χ4v) is 5.60. The van der Waals surface area contributed by atoms with Gasteiger partial charge in [0.15, 0.2) is 5.78 Å². The summed E-state index contributed by atoms with van der Waals surface area (Å²) < 4.78 is 0. The topological polar surface area (TPSA) is 205 Å². The average Bonchev–Trinajstić information content (AvgIpc) is 3.42. The highest BCUT2D eigenvalue weighted by atomic mass is 16.4. The van der Waals surface area contributed by atoms with Gasteiger partial charge in [0.25, 0.3) is 0 Å². The van der Waals surface area contributed by atoms with Crippen molar-refractivity contribution in [2.75, 3.05) is 6.54 Å². The molecule has 5 atom stereocenters. The predicted molar refractivity (Wildman–Crippen MR) is 164 cm³/mol. The second-order valence-electron chi connectivity index (χ2n) is 11.7. The number of nitrogens with two attached hydrogens (primary N) is 1. The molecule has 6 N–H and O–H groups in total. The maximum Gasteiger partial charge on any atom is 0.303 e. The number of Topliss-reactive ketones (excluding diaryl/α,β-unsaturated/α-hetero) is 1. The Morgan fingerprint density at radius 2 is 1.58 bits per heavy atom. The molecule has 1 heterocycles. The number of carboxylic acids is 1. The number of nitrogens with zero attached hydrogens (tertiary/aromatic N) is 1. The zero-order valence-corrected chi connectivity index (χ0v) is 25.9. The molecule has 0 unspecified atom stereocenters. The largest absolute Gasteiger partial charge is 0.481 e. The van der Waals surface area contributed by atoms with Gasteiger partial charge < -0.3 is 31.7 Å². The van der Waals surface area contributed by atoms with Crippen molar-refractivity contribution in [3.63, 3.8) is 0 Å². The molecule has 1 saturated heterocycles. The molecule has 45 heavy (non-hydrogen) atoms. The molecule has 0 aromatic heterocycles. The SMILES string of the molecule is CC(=O)[C@@H](NC(=O)[C@H](C)NC(=O)[C@H](CC(N)=O)NC(=O)[C@@H]1[C@@H](c2ccc3ccccc3c2)CCN1C(=O)CCC(=O)O)C(C)C. The fraction of sp³-hybridized carbons (Fsp3) is 0.469. The van der Waals surface area contributed by atoms with Gasteiger partial charge in [0.2, 0.25) is 29.5 Å². The molecule has 1 aliphatic rings. The van der Waals surface area contributed by atoms with Crippen molar-refractivity contribution in [3.05, 3.63) is 48.0 Å². The quantitative estimate of drug-likeness (QED) is 0.205. The average molecular weight is 624 g/mol. The summed E-state index contributed by atoms with van der Waals surface area (Å²) >= 11 is 0. The van der Waals surface area contributed by atoms with E-state index < -0.39 is 78.4 Å². The third-order valence-electron chi connectivity index (χ3n) is 7.93. The van der Waals surface area contributed by atoms with Gasteiger partial charge in [0.05, 0.1) is 18.9 Å². The zero-order chi connectivity index (χ0) is 33.4. The molecule has 1 fully saturated rings. The number of nitrogens with one attached hydrogen (secondary N) is 3. The van der Waals surface area contributed by atoms with E-state index in [1.54, 1.807) is 13.8 Å². The maximum atomic E-state index is 13.9. The number of hydrogen-bond acceptors (Lipinski definition) is 7. The van der Waals surface area contributed by atoms with Gasteiger partial charge in [-0.2, -0.15) is 0 Å². The van der Waals surface area contributed by atoms with Crippen LogP contribution in [0.15, 0.2) is 42.5 Å². The molecule has 2 aromatic carbocycles. The number of carbonyl (C=O) groups excluding carboxylic acids is 6. The smallest absolute Gasteiger partial charge is 0.303 e. The summed E-state index contributed by atoms with van der Waals surface area (Å²) in [5.74, 6) is -5.76. The summed E-state index contributed by atoms with van der Waals surface area (Å²) in [7, 11) is 0. The van der Waals surface area contributed by atoms with Gasteiger partial charge >= 0.3 is 5.97 Å². The minimum Gasteiger partial charge on any atom is -0.481 e. The molecule has 0 aliphatic carbocycles. The van der Waals surface area contributed by atoms with Crippen molar-refractivity contribution in [2.24, 2.45) is 11.7 Å². The van der Waals surface area contributed by atoms with Crippen molar-refractivity contribution in [1.82, 2.24) is 20.9 Å². The van der Waals surface area contributed by atoms with Gasteiger partial charge in [-0.05, 0) is 42.5 Å². The Balaban J connectivity index is 1.86. The Bertz CT molecular complexity index is 1470. The molecule has 2 aromatic rings. The molecule has 242 valence electrons. The molecule has 0 spiro atoms. The van der Waals surface area contributed by atoms with Crippen LogP contribution in [0.2, 0.25) is 0 Å². The lowest BCUT2D eigenvalue weighted by Gasteiger charge is -2.30. The van der Waals surface area contributed by atoms with Crippen molar-refractivity contribution in [1.29, 1.82) is 0 Å². The van der Waals surface area contributed by atoms with Crippen LogP contribution in [0, 0.1) is 5.92 Å². The van der Waals surface area contributed by atoms with Crippen LogP contribution in [0.5, 0.6) is 0 Å².